The Morgan fingerprint density at radius 3 is 2.62 bits per heavy atom. The van der Waals surface area contributed by atoms with Crippen molar-refractivity contribution in [3.05, 3.63) is 11.6 Å². The van der Waals surface area contributed by atoms with Gasteiger partial charge in [0.2, 0.25) is 0 Å². The molecule has 0 aliphatic rings. The van der Waals surface area contributed by atoms with Crippen LogP contribution in [0.3, 0.4) is 0 Å². The van der Waals surface area contributed by atoms with Crippen molar-refractivity contribution in [3.63, 3.8) is 0 Å². The van der Waals surface area contributed by atoms with Crippen LogP contribution in [0.4, 0.5) is 0 Å². The molecule has 0 rings (SSSR count). The Hall–Kier alpha value is -0.870. The predicted molar refractivity (Wildman–Crippen MR) is 64.2 cm³/mol. The number of aliphatic hydroxyl groups is 1. The summed E-state index contributed by atoms with van der Waals surface area (Å²) in [5.41, 5.74) is 0.643. The molecule has 0 bridgehead atoms. The van der Waals surface area contributed by atoms with Crippen molar-refractivity contribution in [3.8, 4) is 0 Å². The number of carbonyl (C=O) groups excluding carboxylic acids is 1. The zero-order valence-electron chi connectivity index (χ0n) is 10.5. The summed E-state index contributed by atoms with van der Waals surface area (Å²) >= 11 is 0. The number of methoxy groups -OCH3 is 1. The number of unbranched alkanes of at least 4 members (excludes halogenated alkanes) is 2. The Balaban J connectivity index is 3.71. The summed E-state index contributed by atoms with van der Waals surface area (Å²) < 4.78 is 4.60. The van der Waals surface area contributed by atoms with Gasteiger partial charge in [0.15, 0.2) is 0 Å². The highest BCUT2D eigenvalue weighted by Gasteiger charge is 2.03. The normalized spacial score (nSPS) is 11.9. The van der Waals surface area contributed by atoms with Crippen LogP contribution in [0.5, 0.6) is 0 Å². The number of likely N-dealkylation sites (N-methyl/N-ethyl adjacent to an activating group) is 1. The second-order valence-electron chi connectivity index (χ2n) is 3.93. The Kier molecular flexibility index (Phi) is 8.85. The molecule has 0 aromatic carbocycles. The molecule has 1 N–H and O–H groups in total. The molecule has 0 atom stereocenters. The van der Waals surface area contributed by atoms with Gasteiger partial charge in [-0.3, -0.25) is 0 Å². The molecule has 0 spiro atoms. The summed E-state index contributed by atoms with van der Waals surface area (Å²) in [5.74, 6) is -0.270. The molecule has 0 aromatic heterocycles. The van der Waals surface area contributed by atoms with Gasteiger partial charge in [0, 0.05) is 18.7 Å². The van der Waals surface area contributed by atoms with Crippen LogP contribution in [-0.2, 0) is 9.53 Å². The molecule has 0 aliphatic heterocycles. The summed E-state index contributed by atoms with van der Waals surface area (Å²) in [7, 11) is 3.40. The lowest BCUT2D eigenvalue weighted by Gasteiger charge is -2.14. The van der Waals surface area contributed by atoms with Gasteiger partial charge in [-0.2, -0.15) is 0 Å². The molecular formula is C12H23NO3. The predicted octanol–water partition coefficient (Wildman–Crippen LogP) is 1.20. The SMILES string of the molecule is COC(=O)C(C)=CCN(C)CCCCCO. The van der Waals surface area contributed by atoms with Crippen LogP contribution in [0, 0.1) is 0 Å². The van der Waals surface area contributed by atoms with E-state index in [9.17, 15) is 4.79 Å². The summed E-state index contributed by atoms with van der Waals surface area (Å²) in [6.07, 6.45) is 4.85. The van der Waals surface area contributed by atoms with Gasteiger partial charge in [0.25, 0.3) is 0 Å². The zero-order chi connectivity index (χ0) is 12.4. The first-order chi connectivity index (χ1) is 7.61. The molecule has 4 heteroatoms. The first kappa shape index (κ1) is 15.1. The van der Waals surface area contributed by atoms with Gasteiger partial charge in [0.1, 0.15) is 0 Å². The smallest absolute Gasteiger partial charge is 0.333 e. The van der Waals surface area contributed by atoms with Gasteiger partial charge in [-0.25, -0.2) is 4.79 Å². The topological polar surface area (TPSA) is 49.8 Å². The van der Waals surface area contributed by atoms with E-state index < -0.39 is 0 Å². The third-order valence-corrected chi connectivity index (χ3v) is 2.41. The third kappa shape index (κ3) is 7.43. The lowest BCUT2D eigenvalue weighted by Crippen LogP contribution is -2.20. The van der Waals surface area contributed by atoms with Crippen molar-refractivity contribution in [2.75, 3.05) is 33.9 Å². The van der Waals surface area contributed by atoms with Gasteiger partial charge >= 0.3 is 5.97 Å². The summed E-state index contributed by atoms with van der Waals surface area (Å²) in [6, 6.07) is 0. The lowest BCUT2D eigenvalue weighted by atomic mass is 10.2. The molecular weight excluding hydrogens is 206 g/mol. The molecule has 0 unspecified atom stereocenters. The van der Waals surface area contributed by atoms with Crippen LogP contribution >= 0.6 is 0 Å². The van der Waals surface area contributed by atoms with E-state index in [-0.39, 0.29) is 12.6 Å². The number of rotatable bonds is 8. The molecule has 16 heavy (non-hydrogen) atoms. The Bertz CT molecular complexity index is 226. The fraction of sp³-hybridized carbons (Fsp3) is 0.750. The molecule has 0 heterocycles. The second kappa shape index (κ2) is 9.36. The Morgan fingerprint density at radius 1 is 1.38 bits per heavy atom. The molecule has 0 aromatic rings. The standard InChI is InChI=1S/C12H23NO3/c1-11(12(15)16-3)7-9-13(2)8-5-4-6-10-14/h7,14H,4-6,8-10H2,1-3H3. The van der Waals surface area contributed by atoms with Crippen LogP contribution in [0.1, 0.15) is 26.2 Å². The van der Waals surface area contributed by atoms with E-state index in [2.05, 4.69) is 9.64 Å². The first-order valence-electron chi connectivity index (χ1n) is 5.66. The van der Waals surface area contributed by atoms with Gasteiger partial charge < -0.3 is 14.7 Å². The quantitative estimate of drug-likeness (QED) is 0.386. The van der Waals surface area contributed by atoms with E-state index in [1.165, 1.54) is 7.11 Å². The minimum atomic E-state index is -0.270. The number of nitrogens with zero attached hydrogens (tertiary/aromatic N) is 1. The second-order valence-corrected chi connectivity index (χ2v) is 3.93. The van der Waals surface area contributed by atoms with Crippen LogP contribution in [0.2, 0.25) is 0 Å². The molecule has 0 amide bonds. The number of esters is 1. The number of hydrogen-bond donors (Lipinski definition) is 1. The highest BCUT2D eigenvalue weighted by Crippen LogP contribution is 1.99. The lowest BCUT2D eigenvalue weighted by molar-refractivity contribution is -0.136. The van der Waals surface area contributed by atoms with Crippen LogP contribution in [0.15, 0.2) is 11.6 Å². The van der Waals surface area contributed by atoms with Crippen molar-refractivity contribution in [2.45, 2.75) is 26.2 Å². The van der Waals surface area contributed by atoms with E-state index in [1.807, 2.05) is 13.1 Å². The van der Waals surface area contributed by atoms with Crippen molar-refractivity contribution in [2.24, 2.45) is 0 Å². The number of carbonyl (C=O) groups is 1. The average Bonchev–Trinajstić information content (AvgIpc) is 2.30. The number of hydrogen-bond acceptors (Lipinski definition) is 4. The monoisotopic (exact) mass is 229 g/mol. The maximum Gasteiger partial charge on any atom is 0.333 e. The molecule has 0 radical (unpaired) electrons. The number of aliphatic hydroxyl groups excluding tert-OH is 1. The fourth-order valence-electron chi connectivity index (χ4n) is 1.30. The molecule has 94 valence electrons. The highest BCUT2D eigenvalue weighted by atomic mass is 16.5. The first-order valence-corrected chi connectivity index (χ1v) is 5.66. The summed E-state index contributed by atoms with van der Waals surface area (Å²) in [4.78, 5) is 13.2. The molecule has 0 aliphatic carbocycles. The van der Waals surface area contributed by atoms with Gasteiger partial charge in [-0.05, 0) is 39.8 Å². The molecule has 0 saturated heterocycles. The van der Waals surface area contributed by atoms with Crippen molar-refractivity contribution in [1.29, 1.82) is 0 Å². The van der Waals surface area contributed by atoms with E-state index in [0.29, 0.717) is 5.57 Å². The van der Waals surface area contributed by atoms with Gasteiger partial charge in [0.05, 0.1) is 7.11 Å². The maximum atomic E-state index is 11.1. The summed E-state index contributed by atoms with van der Waals surface area (Å²) in [6.45, 7) is 3.75. The zero-order valence-corrected chi connectivity index (χ0v) is 10.5. The Labute approximate surface area is 97.9 Å². The van der Waals surface area contributed by atoms with E-state index >= 15 is 0 Å². The largest absolute Gasteiger partial charge is 0.466 e. The van der Waals surface area contributed by atoms with Crippen molar-refractivity contribution >= 4 is 5.97 Å². The van der Waals surface area contributed by atoms with E-state index in [0.717, 1.165) is 32.4 Å². The van der Waals surface area contributed by atoms with E-state index in [1.54, 1.807) is 6.92 Å². The van der Waals surface area contributed by atoms with Crippen LogP contribution < -0.4 is 0 Å². The van der Waals surface area contributed by atoms with Gasteiger partial charge in [-0.15, -0.1) is 0 Å². The minimum absolute atomic E-state index is 0.269. The highest BCUT2D eigenvalue weighted by molar-refractivity contribution is 5.87. The molecule has 4 nitrogen and oxygen atoms in total. The van der Waals surface area contributed by atoms with Gasteiger partial charge in [-0.1, -0.05) is 6.08 Å². The van der Waals surface area contributed by atoms with Crippen LogP contribution in [-0.4, -0.2) is 49.8 Å². The average molecular weight is 229 g/mol. The van der Waals surface area contributed by atoms with E-state index in [4.69, 9.17) is 5.11 Å². The third-order valence-electron chi connectivity index (χ3n) is 2.41. The van der Waals surface area contributed by atoms with Crippen molar-refractivity contribution in [1.82, 2.24) is 4.90 Å². The summed E-state index contributed by atoms with van der Waals surface area (Å²) in [5, 5.41) is 8.62. The minimum Gasteiger partial charge on any atom is -0.466 e. The van der Waals surface area contributed by atoms with Crippen LogP contribution in [0.25, 0.3) is 0 Å². The Morgan fingerprint density at radius 2 is 2.06 bits per heavy atom. The van der Waals surface area contributed by atoms with Crippen molar-refractivity contribution < 1.29 is 14.6 Å². The molecule has 0 fully saturated rings. The fourth-order valence-corrected chi connectivity index (χ4v) is 1.30. The number of ether oxygens (including phenoxy) is 1. The maximum absolute atomic E-state index is 11.1. The molecule has 0 saturated carbocycles.